The van der Waals surface area contributed by atoms with Gasteiger partial charge in [0.05, 0.1) is 11.6 Å². The van der Waals surface area contributed by atoms with E-state index in [-0.39, 0.29) is 19.4 Å². The highest BCUT2D eigenvalue weighted by molar-refractivity contribution is 6.35. The maximum absolute atomic E-state index is 11.9. The van der Waals surface area contributed by atoms with E-state index in [1.165, 1.54) is 11.5 Å². The molecular weight excluding hydrogens is 348 g/mol. The van der Waals surface area contributed by atoms with Crippen molar-refractivity contribution < 1.29 is 27.5 Å². The third kappa shape index (κ3) is 6.40. The van der Waals surface area contributed by atoms with Crippen molar-refractivity contribution in [2.45, 2.75) is 19.0 Å². The van der Waals surface area contributed by atoms with Gasteiger partial charge in [-0.15, -0.1) is 0 Å². The molecule has 0 aliphatic rings. The molecule has 0 aromatic heterocycles. The van der Waals surface area contributed by atoms with Crippen LogP contribution >= 0.6 is 23.2 Å². The van der Waals surface area contributed by atoms with Crippen molar-refractivity contribution in [3.05, 3.63) is 28.2 Å². The van der Waals surface area contributed by atoms with Crippen molar-refractivity contribution in [2.75, 3.05) is 6.61 Å². The largest absolute Gasteiger partial charge is 0.492 e. The maximum atomic E-state index is 11.9. The third-order valence-corrected chi connectivity index (χ3v) is 2.80. The minimum atomic E-state index is -5.05. The summed E-state index contributed by atoms with van der Waals surface area (Å²) in [4.78, 5) is 21.7. The summed E-state index contributed by atoms with van der Waals surface area (Å²) in [6.45, 7) is 0.113. The molecule has 1 aromatic rings. The van der Waals surface area contributed by atoms with Crippen LogP contribution in [0, 0.1) is 0 Å². The van der Waals surface area contributed by atoms with Crippen LogP contribution in [0.25, 0.3) is 0 Å². The van der Waals surface area contributed by atoms with E-state index in [2.05, 4.69) is 0 Å². The lowest BCUT2D eigenvalue weighted by molar-refractivity contribution is -0.175. The molecule has 0 saturated heterocycles. The number of nitrogens with one attached hydrogen (secondary N) is 2. The van der Waals surface area contributed by atoms with Gasteiger partial charge in [0.25, 0.3) is 0 Å². The van der Waals surface area contributed by atoms with Crippen molar-refractivity contribution in [1.29, 1.82) is 0 Å². The summed E-state index contributed by atoms with van der Waals surface area (Å²) < 4.78 is 40.8. The van der Waals surface area contributed by atoms with Crippen molar-refractivity contribution in [1.82, 2.24) is 10.9 Å². The van der Waals surface area contributed by atoms with E-state index < -0.39 is 18.0 Å². The van der Waals surface area contributed by atoms with E-state index >= 15 is 0 Å². The zero-order valence-electron chi connectivity index (χ0n) is 11.0. The van der Waals surface area contributed by atoms with Crippen LogP contribution in [-0.2, 0) is 9.59 Å². The van der Waals surface area contributed by atoms with Gasteiger partial charge in [0, 0.05) is 11.4 Å². The molecule has 0 bridgehead atoms. The highest BCUT2D eigenvalue weighted by Crippen LogP contribution is 2.27. The van der Waals surface area contributed by atoms with Gasteiger partial charge in [-0.1, -0.05) is 23.2 Å². The summed E-state index contributed by atoms with van der Waals surface area (Å²) in [5.41, 5.74) is 2.91. The van der Waals surface area contributed by atoms with Crippen LogP contribution in [0.1, 0.15) is 12.8 Å². The molecule has 0 heterocycles. The summed E-state index contributed by atoms with van der Waals surface area (Å²) in [6.07, 6.45) is -4.97. The van der Waals surface area contributed by atoms with Gasteiger partial charge in [0.1, 0.15) is 5.75 Å². The highest BCUT2D eigenvalue weighted by Gasteiger charge is 2.38. The molecule has 0 saturated carbocycles. The molecule has 2 amide bonds. The molecule has 10 heteroatoms. The van der Waals surface area contributed by atoms with Gasteiger partial charge in [-0.3, -0.25) is 20.4 Å². The number of carbonyl (C=O) groups excluding carboxylic acids is 2. The summed E-state index contributed by atoms with van der Waals surface area (Å²) in [5, 5.41) is 0.742. The lowest BCUT2D eigenvalue weighted by Gasteiger charge is -2.10. The van der Waals surface area contributed by atoms with Crippen LogP contribution in [0.3, 0.4) is 0 Å². The number of benzene rings is 1. The number of hydrazine groups is 1. The van der Waals surface area contributed by atoms with E-state index in [0.29, 0.717) is 15.8 Å². The molecule has 0 aliphatic heterocycles. The molecule has 0 unspecified atom stereocenters. The third-order valence-electron chi connectivity index (χ3n) is 2.27. The van der Waals surface area contributed by atoms with Crippen LogP contribution in [0.4, 0.5) is 13.2 Å². The SMILES string of the molecule is O=C(CCCOc1ccc(Cl)cc1Cl)NNC(=O)C(F)(F)F. The molecule has 0 spiro atoms. The number of hydrogen-bond acceptors (Lipinski definition) is 3. The topological polar surface area (TPSA) is 67.4 Å². The zero-order valence-corrected chi connectivity index (χ0v) is 12.5. The Morgan fingerprint density at radius 2 is 1.86 bits per heavy atom. The average molecular weight is 359 g/mol. The van der Waals surface area contributed by atoms with E-state index in [9.17, 15) is 22.8 Å². The Morgan fingerprint density at radius 1 is 1.18 bits per heavy atom. The molecule has 22 heavy (non-hydrogen) atoms. The van der Waals surface area contributed by atoms with Gasteiger partial charge in [-0.25, -0.2) is 0 Å². The van der Waals surface area contributed by atoms with Crippen LogP contribution in [0.5, 0.6) is 5.75 Å². The quantitative estimate of drug-likeness (QED) is 0.628. The lowest BCUT2D eigenvalue weighted by Crippen LogP contribution is -2.47. The van der Waals surface area contributed by atoms with Gasteiger partial charge in [0.2, 0.25) is 5.91 Å². The van der Waals surface area contributed by atoms with Gasteiger partial charge < -0.3 is 4.74 Å². The second-order valence-corrected chi connectivity index (χ2v) is 4.87. The van der Waals surface area contributed by atoms with E-state index in [0.717, 1.165) is 0 Å². The lowest BCUT2D eigenvalue weighted by atomic mass is 10.3. The predicted molar refractivity (Wildman–Crippen MR) is 73.5 cm³/mol. The Morgan fingerprint density at radius 3 is 2.45 bits per heavy atom. The Labute approximate surface area is 133 Å². The molecular formula is C12H11Cl2F3N2O3. The average Bonchev–Trinajstić information content (AvgIpc) is 2.41. The first-order valence-corrected chi connectivity index (χ1v) is 6.69. The van der Waals surface area contributed by atoms with Gasteiger partial charge >= 0.3 is 12.1 Å². The highest BCUT2D eigenvalue weighted by atomic mass is 35.5. The van der Waals surface area contributed by atoms with Crippen LogP contribution in [0.2, 0.25) is 10.0 Å². The normalized spacial score (nSPS) is 11.0. The summed E-state index contributed by atoms with van der Waals surface area (Å²) >= 11 is 11.6. The minimum Gasteiger partial charge on any atom is -0.492 e. The number of amides is 2. The summed E-state index contributed by atoms with van der Waals surface area (Å²) in [6, 6.07) is 4.61. The van der Waals surface area contributed by atoms with E-state index in [4.69, 9.17) is 27.9 Å². The molecule has 0 fully saturated rings. The Kier molecular flexibility index (Phi) is 6.76. The fraction of sp³-hybridized carbons (Fsp3) is 0.333. The smallest absolute Gasteiger partial charge is 0.472 e. The number of hydrogen-bond donors (Lipinski definition) is 2. The molecule has 2 N–H and O–H groups in total. The van der Waals surface area contributed by atoms with Gasteiger partial charge in [0.15, 0.2) is 0 Å². The molecule has 1 aromatic carbocycles. The van der Waals surface area contributed by atoms with Crippen LogP contribution in [0.15, 0.2) is 18.2 Å². The molecule has 0 aliphatic carbocycles. The van der Waals surface area contributed by atoms with Crippen molar-refractivity contribution >= 4 is 35.0 Å². The molecule has 0 radical (unpaired) electrons. The minimum absolute atomic E-state index is 0.113. The van der Waals surface area contributed by atoms with Gasteiger partial charge in [-0.05, 0) is 24.6 Å². The van der Waals surface area contributed by atoms with Crippen LogP contribution < -0.4 is 15.6 Å². The van der Waals surface area contributed by atoms with Gasteiger partial charge in [-0.2, -0.15) is 13.2 Å². The molecule has 1 rings (SSSR count). The number of rotatable bonds is 5. The summed E-state index contributed by atoms with van der Waals surface area (Å²) in [5.74, 6) is -2.65. The van der Waals surface area contributed by atoms with E-state index in [1.54, 1.807) is 17.6 Å². The Hall–Kier alpha value is -1.67. The first-order chi connectivity index (χ1) is 10.2. The fourth-order valence-electron chi connectivity index (χ4n) is 1.27. The second-order valence-electron chi connectivity index (χ2n) is 4.03. The number of ether oxygens (including phenoxy) is 1. The first kappa shape index (κ1) is 18.4. The number of halogens is 5. The Balaban J connectivity index is 2.24. The predicted octanol–water partition coefficient (Wildman–Crippen LogP) is 2.86. The number of alkyl halides is 3. The molecule has 5 nitrogen and oxygen atoms in total. The molecule has 0 atom stereocenters. The van der Waals surface area contributed by atoms with E-state index in [1.807, 2.05) is 0 Å². The first-order valence-electron chi connectivity index (χ1n) is 5.94. The number of carbonyl (C=O) groups is 2. The van der Waals surface area contributed by atoms with Crippen LogP contribution in [-0.4, -0.2) is 24.6 Å². The zero-order chi connectivity index (χ0) is 16.8. The monoisotopic (exact) mass is 358 g/mol. The molecule has 122 valence electrons. The van der Waals surface area contributed by atoms with Crippen molar-refractivity contribution in [3.8, 4) is 5.75 Å². The maximum Gasteiger partial charge on any atom is 0.472 e. The summed E-state index contributed by atoms with van der Waals surface area (Å²) in [7, 11) is 0. The Bertz CT molecular complexity index is 553. The second kappa shape index (κ2) is 8.09. The van der Waals surface area contributed by atoms with Crippen molar-refractivity contribution in [3.63, 3.8) is 0 Å². The standard InChI is InChI=1S/C12H11Cl2F3N2O3/c13-7-3-4-9(8(14)6-7)22-5-1-2-10(20)18-19-11(21)12(15,16)17/h3-4,6H,1-2,5H2,(H,18,20)(H,19,21). The fourth-order valence-corrected chi connectivity index (χ4v) is 1.73. The van der Waals surface area contributed by atoms with Crippen molar-refractivity contribution in [2.24, 2.45) is 0 Å².